The summed E-state index contributed by atoms with van der Waals surface area (Å²) in [7, 11) is 0. The van der Waals surface area contributed by atoms with Gasteiger partial charge >= 0.3 is 6.08 Å². The molecule has 0 unspecified atom stereocenters. The van der Waals surface area contributed by atoms with Crippen molar-refractivity contribution in [3.63, 3.8) is 0 Å². The Balaban J connectivity index is 1.95. The number of ether oxygens (including phenoxy) is 1. The predicted octanol–water partition coefficient (Wildman–Crippen LogP) is 4.01. The van der Waals surface area contributed by atoms with E-state index in [1.165, 1.54) is 24.5 Å². The minimum absolute atomic E-state index is 0.0832. The third-order valence-electron chi connectivity index (χ3n) is 2.48. The standard InChI is InChI=1S/C14H16ClFN2O2/c1-9(2)6-17-7-11-8-19-14(18-11)20-13-4-3-10(16)5-12(13)15/h3-5,8-9,17H,6-7H2,1-2H3. The summed E-state index contributed by atoms with van der Waals surface area (Å²) >= 11 is 5.86. The zero-order valence-electron chi connectivity index (χ0n) is 11.3. The molecule has 0 fully saturated rings. The lowest BCUT2D eigenvalue weighted by molar-refractivity contribution is 0.330. The second-order valence-electron chi connectivity index (χ2n) is 4.81. The molecule has 0 aliphatic heterocycles. The lowest BCUT2D eigenvalue weighted by atomic mass is 10.2. The zero-order valence-corrected chi connectivity index (χ0v) is 12.1. The summed E-state index contributed by atoms with van der Waals surface area (Å²) in [5.41, 5.74) is 0.735. The smallest absolute Gasteiger partial charge is 0.399 e. The van der Waals surface area contributed by atoms with Crippen LogP contribution in [0.4, 0.5) is 4.39 Å². The van der Waals surface area contributed by atoms with Crippen molar-refractivity contribution in [3.05, 3.63) is 41.0 Å². The van der Waals surface area contributed by atoms with Crippen LogP contribution in [-0.4, -0.2) is 11.5 Å². The van der Waals surface area contributed by atoms with Gasteiger partial charge in [0, 0.05) is 6.54 Å². The number of hydrogen-bond donors (Lipinski definition) is 1. The molecule has 0 spiro atoms. The van der Waals surface area contributed by atoms with Gasteiger partial charge in [0.25, 0.3) is 0 Å². The highest BCUT2D eigenvalue weighted by atomic mass is 35.5. The first kappa shape index (κ1) is 14.8. The molecular formula is C14H16ClFN2O2. The van der Waals surface area contributed by atoms with Crippen molar-refractivity contribution < 1.29 is 13.5 Å². The highest BCUT2D eigenvalue weighted by Crippen LogP contribution is 2.29. The maximum atomic E-state index is 12.9. The number of oxazole rings is 1. The second-order valence-corrected chi connectivity index (χ2v) is 5.21. The van der Waals surface area contributed by atoms with Crippen LogP contribution in [0.15, 0.2) is 28.9 Å². The van der Waals surface area contributed by atoms with E-state index < -0.39 is 5.82 Å². The molecule has 0 aliphatic rings. The van der Waals surface area contributed by atoms with Gasteiger partial charge in [0.1, 0.15) is 12.1 Å². The number of nitrogens with zero attached hydrogens (tertiary/aromatic N) is 1. The van der Waals surface area contributed by atoms with E-state index in [0.29, 0.717) is 18.2 Å². The normalized spacial score (nSPS) is 11.1. The Morgan fingerprint density at radius 1 is 1.45 bits per heavy atom. The lowest BCUT2D eigenvalue weighted by Crippen LogP contribution is -2.19. The topological polar surface area (TPSA) is 47.3 Å². The Morgan fingerprint density at radius 2 is 2.25 bits per heavy atom. The molecule has 108 valence electrons. The van der Waals surface area contributed by atoms with Crippen LogP contribution in [0.5, 0.6) is 11.8 Å². The third-order valence-corrected chi connectivity index (χ3v) is 2.78. The summed E-state index contributed by atoms with van der Waals surface area (Å²) < 4.78 is 23.5. The summed E-state index contributed by atoms with van der Waals surface area (Å²) in [5.74, 6) is 0.445. The maximum absolute atomic E-state index is 12.9. The molecule has 4 nitrogen and oxygen atoms in total. The van der Waals surface area contributed by atoms with Crippen LogP contribution in [-0.2, 0) is 6.54 Å². The van der Waals surface area contributed by atoms with E-state index >= 15 is 0 Å². The summed E-state index contributed by atoms with van der Waals surface area (Å²) in [5, 5.41) is 3.41. The molecule has 0 saturated carbocycles. The van der Waals surface area contributed by atoms with Crippen molar-refractivity contribution in [3.8, 4) is 11.8 Å². The fourth-order valence-electron chi connectivity index (χ4n) is 1.56. The average molecular weight is 299 g/mol. The van der Waals surface area contributed by atoms with E-state index in [1.54, 1.807) is 0 Å². The predicted molar refractivity (Wildman–Crippen MR) is 74.5 cm³/mol. The van der Waals surface area contributed by atoms with Gasteiger partial charge in [-0.3, -0.25) is 0 Å². The monoisotopic (exact) mass is 298 g/mol. The molecule has 2 aromatic rings. The molecule has 6 heteroatoms. The van der Waals surface area contributed by atoms with Gasteiger partial charge < -0.3 is 14.5 Å². The van der Waals surface area contributed by atoms with Gasteiger partial charge in [-0.15, -0.1) is 0 Å². The van der Waals surface area contributed by atoms with Gasteiger partial charge in [-0.05, 0) is 30.7 Å². The van der Waals surface area contributed by atoms with Crippen molar-refractivity contribution in [1.29, 1.82) is 0 Å². The molecule has 0 aliphatic carbocycles. The first-order valence-electron chi connectivity index (χ1n) is 6.32. The van der Waals surface area contributed by atoms with Gasteiger partial charge in [0.05, 0.1) is 10.7 Å². The van der Waals surface area contributed by atoms with E-state index in [1.807, 2.05) is 0 Å². The Bertz CT molecular complexity index is 572. The minimum atomic E-state index is -0.423. The number of halogens is 2. The number of rotatable bonds is 6. The number of benzene rings is 1. The molecule has 2 rings (SSSR count). The van der Waals surface area contributed by atoms with Crippen LogP contribution in [0.3, 0.4) is 0 Å². The van der Waals surface area contributed by atoms with Crippen molar-refractivity contribution in [1.82, 2.24) is 10.3 Å². The first-order chi connectivity index (χ1) is 9.54. The third kappa shape index (κ3) is 4.21. The number of aromatic nitrogens is 1. The molecule has 0 amide bonds. The number of nitrogens with one attached hydrogen (secondary N) is 1. The molecule has 1 aromatic heterocycles. The van der Waals surface area contributed by atoms with Crippen LogP contribution in [0.1, 0.15) is 19.5 Å². The van der Waals surface area contributed by atoms with E-state index in [2.05, 4.69) is 24.1 Å². The van der Waals surface area contributed by atoms with Crippen LogP contribution in [0, 0.1) is 11.7 Å². The number of hydrogen-bond acceptors (Lipinski definition) is 4. The van der Waals surface area contributed by atoms with Gasteiger partial charge in [-0.25, -0.2) is 4.39 Å². The average Bonchev–Trinajstić information content (AvgIpc) is 2.80. The van der Waals surface area contributed by atoms with E-state index in [-0.39, 0.29) is 11.1 Å². The lowest BCUT2D eigenvalue weighted by Gasteiger charge is -2.04. The Labute approximate surface area is 121 Å². The molecule has 1 N–H and O–H groups in total. The Kier molecular flexibility index (Phi) is 4.98. The Hall–Kier alpha value is -1.59. The van der Waals surface area contributed by atoms with Crippen LogP contribution < -0.4 is 10.1 Å². The highest BCUT2D eigenvalue weighted by Gasteiger charge is 2.09. The van der Waals surface area contributed by atoms with Crippen molar-refractivity contribution in [2.24, 2.45) is 5.92 Å². The Morgan fingerprint density at radius 3 is 2.95 bits per heavy atom. The largest absolute Gasteiger partial charge is 0.417 e. The van der Waals surface area contributed by atoms with E-state index in [0.717, 1.165) is 12.2 Å². The highest BCUT2D eigenvalue weighted by molar-refractivity contribution is 6.32. The summed E-state index contributed by atoms with van der Waals surface area (Å²) in [6.45, 7) is 5.75. The van der Waals surface area contributed by atoms with Crippen LogP contribution in [0.25, 0.3) is 0 Å². The fourth-order valence-corrected chi connectivity index (χ4v) is 1.76. The molecule has 0 bridgehead atoms. The molecule has 20 heavy (non-hydrogen) atoms. The summed E-state index contributed by atoms with van der Waals surface area (Å²) in [6.07, 6.45) is 1.60. The van der Waals surface area contributed by atoms with Gasteiger partial charge in [-0.2, -0.15) is 4.98 Å². The molecular weight excluding hydrogens is 283 g/mol. The van der Waals surface area contributed by atoms with Crippen molar-refractivity contribution >= 4 is 11.6 Å². The first-order valence-corrected chi connectivity index (χ1v) is 6.70. The molecule has 0 radical (unpaired) electrons. The van der Waals surface area contributed by atoms with E-state index in [4.69, 9.17) is 20.8 Å². The molecule has 1 aromatic carbocycles. The van der Waals surface area contributed by atoms with Gasteiger partial charge in [0.2, 0.25) is 0 Å². The van der Waals surface area contributed by atoms with Crippen LogP contribution in [0.2, 0.25) is 5.02 Å². The maximum Gasteiger partial charge on any atom is 0.399 e. The molecule has 0 atom stereocenters. The minimum Gasteiger partial charge on any atom is -0.417 e. The van der Waals surface area contributed by atoms with Crippen LogP contribution >= 0.6 is 11.6 Å². The fraction of sp³-hybridized carbons (Fsp3) is 0.357. The second kappa shape index (κ2) is 6.72. The van der Waals surface area contributed by atoms with Gasteiger partial charge in [-0.1, -0.05) is 25.4 Å². The summed E-state index contributed by atoms with van der Waals surface area (Å²) in [6, 6.07) is 3.86. The summed E-state index contributed by atoms with van der Waals surface area (Å²) in [4.78, 5) is 4.16. The molecule has 0 saturated heterocycles. The van der Waals surface area contributed by atoms with Crippen molar-refractivity contribution in [2.75, 3.05) is 6.54 Å². The van der Waals surface area contributed by atoms with Crippen molar-refractivity contribution in [2.45, 2.75) is 20.4 Å². The zero-order chi connectivity index (χ0) is 14.5. The van der Waals surface area contributed by atoms with E-state index in [9.17, 15) is 4.39 Å². The van der Waals surface area contributed by atoms with Gasteiger partial charge in [0.15, 0.2) is 5.75 Å². The quantitative estimate of drug-likeness (QED) is 0.875. The molecule has 1 heterocycles. The SMILES string of the molecule is CC(C)CNCc1coc(Oc2ccc(F)cc2Cl)n1.